The standard InChI is InChI=1S/C19H19N3O2/c1-23-17-4-2-3-15(12-17)18-21-19(24-22-18)16-6-5-13-7-9-20-10-8-14(13)11-16/h2-6,11-12,20H,7-10H2,1H3. The van der Waals surface area contributed by atoms with Crippen molar-refractivity contribution in [3.05, 3.63) is 53.6 Å². The van der Waals surface area contributed by atoms with Crippen LogP contribution in [-0.4, -0.2) is 30.3 Å². The fraction of sp³-hybridized carbons (Fsp3) is 0.263. The van der Waals surface area contributed by atoms with Crippen LogP contribution in [-0.2, 0) is 12.8 Å². The molecule has 0 saturated heterocycles. The van der Waals surface area contributed by atoms with Crippen LogP contribution >= 0.6 is 0 Å². The van der Waals surface area contributed by atoms with Crippen LogP contribution < -0.4 is 10.1 Å². The summed E-state index contributed by atoms with van der Waals surface area (Å²) in [5.74, 6) is 1.89. The van der Waals surface area contributed by atoms with Crippen LogP contribution in [0.5, 0.6) is 5.75 Å². The average Bonchev–Trinajstić information content (AvgIpc) is 3.01. The van der Waals surface area contributed by atoms with Gasteiger partial charge in [-0.25, -0.2) is 0 Å². The Balaban J connectivity index is 1.66. The van der Waals surface area contributed by atoms with Gasteiger partial charge in [-0.2, -0.15) is 4.98 Å². The normalized spacial score (nSPS) is 14.0. The van der Waals surface area contributed by atoms with Gasteiger partial charge in [0.15, 0.2) is 0 Å². The summed E-state index contributed by atoms with van der Waals surface area (Å²) in [5.41, 5.74) is 4.61. The molecule has 122 valence electrons. The van der Waals surface area contributed by atoms with Crippen LogP contribution in [0, 0.1) is 0 Å². The number of nitrogens with one attached hydrogen (secondary N) is 1. The van der Waals surface area contributed by atoms with E-state index < -0.39 is 0 Å². The molecule has 1 aliphatic rings. The molecule has 0 bridgehead atoms. The first-order valence-corrected chi connectivity index (χ1v) is 8.14. The molecule has 0 unspecified atom stereocenters. The van der Waals surface area contributed by atoms with E-state index in [1.54, 1.807) is 7.11 Å². The number of nitrogens with zero attached hydrogens (tertiary/aromatic N) is 2. The molecule has 4 rings (SSSR count). The summed E-state index contributed by atoms with van der Waals surface area (Å²) in [7, 11) is 1.64. The van der Waals surface area contributed by atoms with Gasteiger partial charge in [0, 0.05) is 11.1 Å². The third-order valence-corrected chi connectivity index (χ3v) is 4.35. The minimum atomic E-state index is 0.549. The van der Waals surface area contributed by atoms with Gasteiger partial charge in [0.1, 0.15) is 5.75 Å². The first-order valence-electron chi connectivity index (χ1n) is 8.14. The summed E-state index contributed by atoms with van der Waals surface area (Å²) in [4.78, 5) is 4.55. The number of hydrogen-bond donors (Lipinski definition) is 1. The second-order valence-electron chi connectivity index (χ2n) is 5.89. The summed E-state index contributed by atoms with van der Waals surface area (Å²) in [6.07, 6.45) is 2.09. The van der Waals surface area contributed by atoms with Crippen LogP contribution in [0.2, 0.25) is 0 Å². The van der Waals surface area contributed by atoms with E-state index in [0.717, 1.165) is 42.8 Å². The van der Waals surface area contributed by atoms with Crippen LogP contribution in [0.1, 0.15) is 11.1 Å². The molecule has 2 aromatic carbocycles. The Bertz CT molecular complexity index is 857. The molecule has 0 radical (unpaired) electrons. The maximum atomic E-state index is 5.48. The van der Waals surface area contributed by atoms with Crippen molar-refractivity contribution in [1.82, 2.24) is 15.5 Å². The molecule has 0 saturated carbocycles. The Labute approximate surface area is 140 Å². The zero-order chi connectivity index (χ0) is 16.4. The SMILES string of the molecule is COc1cccc(-c2noc(-c3ccc4c(c3)CCNCC4)n2)c1. The van der Waals surface area contributed by atoms with E-state index in [0.29, 0.717) is 11.7 Å². The maximum absolute atomic E-state index is 5.48. The predicted molar refractivity (Wildman–Crippen MR) is 92.0 cm³/mol. The van der Waals surface area contributed by atoms with Gasteiger partial charge in [0.25, 0.3) is 5.89 Å². The van der Waals surface area contributed by atoms with Gasteiger partial charge in [-0.15, -0.1) is 0 Å². The van der Waals surface area contributed by atoms with Gasteiger partial charge < -0.3 is 14.6 Å². The second-order valence-corrected chi connectivity index (χ2v) is 5.89. The van der Waals surface area contributed by atoms with E-state index in [4.69, 9.17) is 9.26 Å². The van der Waals surface area contributed by atoms with Crippen molar-refractivity contribution in [2.45, 2.75) is 12.8 Å². The van der Waals surface area contributed by atoms with Gasteiger partial charge >= 0.3 is 0 Å². The van der Waals surface area contributed by atoms with E-state index in [9.17, 15) is 0 Å². The second kappa shape index (κ2) is 6.45. The van der Waals surface area contributed by atoms with E-state index in [1.807, 2.05) is 24.3 Å². The number of rotatable bonds is 3. The van der Waals surface area contributed by atoms with Crippen molar-refractivity contribution in [2.75, 3.05) is 20.2 Å². The Kier molecular flexibility index (Phi) is 4.01. The Morgan fingerprint density at radius 2 is 1.88 bits per heavy atom. The number of benzene rings is 2. The molecule has 0 spiro atoms. The highest BCUT2D eigenvalue weighted by Crippen LogP contribution is 2.26. The monoisotopic (exact) mass is 321 g/mol. The summed E-state index contributed by atoms with van der Waals surface area (Å²) < 4.78 is 10.7. The first-order chi connectivity index (χ1) is 11.8. The maximum Gasteiger partial charge on any atom is 0.258 e. The van der Waals surface area contributed by atoms with E-state index >= 15 is 0 Å². The molecule has 3 aromatic rings. The highest BCUT2D eigenvalue weighted by atomic mass is 16.5. The molecule has 0 aliphatic carbocycles. The molecule has 0 atom stereocenters. The van der Waals surface area contributed by atoms with Gasteiger partial charge in [-0.3, -0.25) is 0 Å². The lowest BCUT2D eigenvalue weighted by molar-refractivity contribution is 0.414. The minimum Gasteiger partial charge on any atom is -0.497 e. The van der Waals surface area contributed by atoms with Crippen LogP contribution in [0.25, 0.3) is 22.8 Å². The quantitative estimate of drug-likeness (QED) is 0.803. The number of methoxy groups -OCH3 is 1. The number of hydrogen-bond acceptors (Lipinski definition) is 5. The van der Waals surface area contributed by atoms with Crippen molar-refractivity contribution >= 4 is 0 Å². The van der Waals surface area contributed by atoms with Gasteiger partial charge in [-0.05, 0) is 61.3 Å². The van der Waals surface area contributed by atoms with Crippen molar-refractivity contribution in [2.24, 2.45) is 0 Å². The van der Waals surface area contributed by atoms with E-state index in [1.165, 1.54) is 11.1 Å². The largest absolute Gasteiger partial charge is 0.497 e. The zero-order valence-electron chi connectivity index (χ0n) is 13.6. The summed E-state index contributed by atoms with van der Waals surface area (Å²) in [6, 6.07) is 14.1. The lowest BCUT2D eigenvalue weighted by atomic mass is 10.00. The van der Waals surface area contributed by atoms with Crippen molar-refractivity contribution in [3.63, 3.8) is 0 Å². The molecule has 0 fully saturated rings. The van der Waals surface area contributed by atoms with Gasteiger partial charge in [0.2, 0.25) is 5.82 Å². The predicted octanol–water partition coefficient (Wildman–Crippen LogP) is 3.10. The summed E-state index contributed by atoms with van der Waals surface area (Å²) >= 11 is 0. The van der Waals surface area contributed by atoms with Crippen LogP contribution in [0.15, 0.2) is 47.0 Å². The Morgan fingerprint density at radius 1 is 1.00 bits per heavy atom. The fourth-order valence-electron chi connectivity index (χ4n) is 3.03. The Morgan fingerprint density at radius 3 is 2.75 bits per heavy atom. The zero-order valence-corrected chi connectivity index (χ0v) is 13.6. The molecule has 1 N–H and O–H groups in total. The molecular formula is C19H19N3O2. The molecular weight excluding hydrogens is 302 g/mol. The highest BCUT2D eigenvalue weighted by Gasteiger charge is 2.14. The number of aromatic nitrogens is 2. The highest BCUT2D eigenvalue weighted by molar-refractivity contribution is 5.62. The molecule has 5 heteroatoms. The smallest absolute Gasteiger partial charge is 0.258 e. The molecule has 24 heavy (non-hydrogen) atoms. The number of fused-ring (bicyclic) bond motifs is 1. The van der Waals surface area contributed by atoms with Gasteiger partial charge in [0.05, 0.1) is 7.11 Å². The van der Waals surface area contributed by atoms with Crippen LogP contribution in [0.4, 0.5) is 0 Å². The number of ether oxygens (including phenoxy) is 1. The van der Waals surface area contributed by atoms with Crippen molar-refractivity contribution in [1.29, 1.82) is 0 Å². The molecule has 1 aromatic heterocycles. The van der Waals surface area contributed by atoms with E-state index in [-0.39, 0.29) is 0 Å². The van der Waals surface area contributed by atoms with Crippen molar-refractivity contribution in [3.8, 4) is 28.6 Å². The average molecular weight is 321 g/mol. The molecule has 1 aliphatic heterocycles. The van der Waals surface area contributed by atoms with E-state index in [2.05, 4.69) is 33.7 Å². The topological polar surface area (TPSA) is 60.2 Å². The first kappa shape index (κ1) is 14.9. The summed E-state index contributed by atoms with van der Waals surface area (Å²) in [5, 5.41) is 7.54. The lowest BCUT2D eigenvalue weighted by Crippen LogP contribution is -2.16. The Hall–Kier alpha value is -2.66. The lowest BCUT2D eigenvalue weighted by Gasteiger charge is -2.05. The molecule has 0 amide bonds. The molecule has 5 nitrogen and oxygen atoms in total. The molecule has 2 heterocycles. The third kappa shape index (κ3) is 2.90. The van der Waals surface area contributed by atoms with Gasteiger partial charge in [-0.1, -0.05) is 23.4 Å². The minimum absolute atomic E-state index is 0.549. The van der Waals surface area contributed by atoms with Crippen LogP contribution in [0.3, 0.4) is 0 Å². The fourth-order valence-corrected chi connectivity index (χ4v) is 3.03. The summed E-state index contributed by atoms with van der Waals surface area (Å²) in [6.45, 7) is 2.04. The van der Waals surface area contributed by atoms with Crippen molar-refractivity contribution < 1.29 is 9.26 Å². The third-order valence-electron chi connectivity index (χ3n) is 4.35.